The number of aromatic nitrogens is 1. The van der Waals surface area contributed by atoms with Gasteiger partial charge < -0.3 is 19.9 Å². The summed E-state index contributed by atoms with van der Waals surface area (Å²) in [6, 6.07) is 2.60. The maximum absolute atomic E-state index is 11.7. The van der Waals surface area contributed by atoms with Gasteiger partial charge in [-0.25, -0.2) is 4.79 Å². The van der Waals surface area contributed by atoms with E-state index in [1.54, 1.807) is 0 Å². The lowest BCUT2D eigenvalue weighted by Gasteiger charge is -2.23. The van der Waals surface area contributed by atoms with Crippen molar-refractivity contribution >= 4 is 6.09 Å². The minimum Gasteiger partial charge on any atom is -0.444 e. The number of nitrogens with one attached hydrogen (secondary N) is 2. The van der Waals surface area contributed by atoms with Crippen LogP contribution >= 0.6 is 0 Å². The van der Waals surface area contributed by atoms with Crippen LogP contribution in [-0.2, 0) is 18.3 Å². The van der Waals surface area contributed by atoms with Crippen LogP contribution < -0.4 is 10.6 Å². The van der Waals surface area contributed by atoms with Gasteiger partial charge in [-0.2, -0.15) is 0 Å². The number of hydrogen-bond acceptors (Lipinski definition) is 3. The summed E-state index contributed by atoms with van der Waals surface area (Å²) in [5, 5.41) is 6.54. The molecule has 2 unspecified atom stereocenters. The summed E-state index contributed by atoms with van der Waals surface area (Å²) in [6.45, 7) is 7.21. The topological polar surface area (TPSA) is 55.3 Å². The first-order valence-electron chi connectivity index (χ1n) is 8.14. The normalized spacial score (nSPS) is 21.8. The maximum atomic E-state index is 11.7. The van der Waals surface area contributed by atoms with Crippen molar-refractivity contribution in [2.75, 3.05) is 6.54 Å². The first-order valence-corrected chi connectivity index (χ1v) is 8.14. The Hall–Kier alpha value is -1.49. The molecule has 2 atom stereocenters. The quantitative estimate of drug-likeness (QED) is 0.879. The first kappa shape index (κ1) is 16.9. The summed E-state index contributed by atoms with van der Waals surface area (Å²) in [5.41, 5.74) is 0.860. The molecule has 22 heavy (non-hydrogen) atoms. The summed E-state index contributed by atoms with van der Waals surface area (Å²) >= 11 is 0. The second-order valence-corrected chi connectivity index (χ2v) is 7.25. The second kappa shape index (κ2) is 7.18. The molecular formula is C17H29N3O2. The van der Waals surface area contributed by atoms with Gasteiger partial charge in [0.15, 0.2) is 0 Å². The first-order chi connectivity index (χ1) is 10.3. The number of carbonyl (C=O) groups excluding carboxylic acids is 1. The fourth-order valence-electron chi connectivity index (χ4n) is 2.99. The summed E-state index contributed by atoms with van der Waals surface area (Å²) in [6.07, 6.45) is 7.42. The Labute approximate surface area is 133 Å². The van der Waals surface area contributed by atoms with E-state index < -0.39 is 5.60 Å². The van der Waals surface area contributed by atoms with Gasteiger partial charge in [-0.15, -0.1) is 0 Å². The highest BCUT2D eigenvalue weighted by atomic mass is 16.6. The Kier molecular flexibility index (Phi) is 5.51. The van der Waals surface area contributed by atoms with E-state index in [2.05, 4.69) is 33.7 Å². The molecule has 2 N–H and O–H groups in total. The molecule has 1 aliphatic rings. The fraction of sp³-hybridized carbons (Fsp3) is 0.706. The summed E-state index contributed by atoms with van der Waals surface area (Å²) in [5.74, 6) is 0.483. The van der Waals surface area contributed by atoms with Gasteiger partial charge in [0.1, 0.15) is 5.60 Å². The second-order valence-electron chi connectivity index (χ2n) is 7.25. The van der Waals surface area contributed by atoms with E-state index >= 15 is 0 Å². The third kappa shape index (κ3) is 5.37. The van der Waals surface area contributed by atoms with Gasteiger partial charge in [-0.05, 0) is 51.2 Å². The Morgan fingerprint density at radius 1 is 1.41 bits per heavy atom. The molecule has 0 aromatic carbocycles. The molecule has 1 saturated carbocycles. The molecule has 0 spiro atoms. The van der Waals surface area contributed by atoms with Gasteiger partial charge in [-0.3, -0.25) is 0 Å². The average molecular weight is 307 g/mol. The zero-order valence-corrected chi connectivity index (χ0v) is 14.2. The number of carbonyl (C=O) groups is 1. The van der Waals surface area contributed by atoms with Crippen molar-refractivity contribution in [1.29, 1.82) is 0 Å². The Bertz CT molecular complexity index is 490. The molecule has 0 aliphatic heterocycles. The lowest BCUT2D eigenvalue weighted by atomic mass is 10.0. The maximum Gasteiger partial charge on any atom is 0.407 e. The predicted octanol–water partition coefficient (Wildman–Crippen LogP) is 2.81. The van der Waals surface area contributed by atoms with Crippen LogP contribution in [0.3, 0.4) is 0 Å². The highest BCUT2D eigenvalue weighted by molar-refractivity contribution is 5.67. The minimum atomic E-state index is -0.440. The van der Waals surface area contributed by atoms with E-state index in [0.29, 0.717) is 18.5 Å². The molecule has 1 amide bonds. The van der Waals surface area contributed by atoms with Gasteiger partial charge in [0.2, 0.25) is 0 Å². The molecule has 0 radical (unpaired) electrons. The van der Waals surface area contributed by atoms with Crippen LogP contribution in [0.4, 0.5) is 4.79 Å². The largest absolute Gasteiger partial charge is 0.444 e. The van der Waals surface area contributed by atoms with E-state index in [-0.39, 0.29) is 6.09 Å². The fourth-order valence-corrected chi connectivity index (χ4v) is 2.99. The molecule has 0 bridgehead atoms. The predicted molar refractivity (Wildman–Crippen MR) is 87.6 cm³/mol. The Morgan fingerprint density at radius 3 is 2.82 bits per heavy atom. The number of ether oxygens (including phenoxy) is 1. The van der Waals surface area contributed by atoms with Gasteiger partial charge in [-0.1, -0.05) is 6.42 Å². The van der Waals surface area contributed by atoms with Crippen LogP contribution in [0.1, 0.15) is 45.6 Å². The lowest BCUT2D eigenvalue weighted by molar-refractivity contribution is 0.0517. The smallest absolute Gasteiger partial charge is 0.407 e. The van der Waals surface area contributed by atoms with E-state index in [4.69, 9.17) is 4.74 Å². The monoisotopic (exact) mass is 307 g/mol. The van der Waals surface area contributed by atoms with Gasteiger partial charge in [0.25, 0.3) is 0 Å². The molecule has 2 rings (SSSR count). The summed E-state index contributed by atoms with van der Waals surface area (Å²) < 4.78 is 7.35. The van der Waals surface area contributed by atoms with Crippen molar-refractivity contribution in [1.82, 2.24) is 15.2 Å². The lowest BCUT2D eigenvalue weighted by Crippen LogP contribution is -2.40. The molecule has 1 aliphatic carbocycles. The van der Waals surface area contributed by atoms with Crippen LogP contribution in [0, 0.1) is 5.92 Å². The number of rotatable bonds is 5. The van der Waals surface area contributed by atoms with Crippen molar-refractivity contribution in [3.8, 4) is 0 Å². The van der Waals surface area contributed by atoms with Crippen molar-refractivity contribution < 1.29 is 9.53 Å². The van der Waals surface area contributed by atoms with E-state index in [9.17, 15) is 4.79 Å². The zero-order chi connectivity index (χ0) is 16.2. The standard InChI is InChI=1S/C17H29N3O2/c1-17(2,3)22-16(21)19-11-14-6-5-7-15(14)18-10-13-8-9-20(4)12-13/h8-9,12,14-15,18H,5-7,10-11H2,1-4H3,(H,19,21). The van der Waals surface area contributed by atoms with Gasteiger partial charge in [0, 0.05) is 38.6 Å². The zero-order valence-electron chi connectivity index (χ0n) is 14.2. The van der Waals surface area contributed by atoms with Crippen molar-refractivity contribution in [2.45, 2.75) is 58.2 Å². The Morgan fingerprint density at radius 2 is 2.18 bits per heavy atom. The number of hydrogen-bond donors (Lipinski definition) is 2. The average Bonchev–Trinajstić information content (AvgIpc) is 3.00. The van der Waals surface area contributed by atoms with Crippen molar-refractivity contribution in [3.63, 3.8) is 0 Å². The van der Waals surface area contributed by atoms with E-state index in [1.807, 2.05) is 27.8 Å². The number of nitrogens with zero attached hydrogens (tertiary/aromatic N) is 1. The third-order valence-electron chi connectivity index (χ3n) is 4.03. The third-order valence-corrected chi connectivity index (χ3v) is 4.03. The van der Waals surface area contributed by atoms with E-state index in [0.717, 1.165) is 13.0 Å². The van der Waals surface area contributed by atoms with E-state index in [1.165, 1.54) is 18.4 Å². The highest BCUT2D eigenvalue weighted by Crippen LogP contribution is 2.25. The molecule has 1 heterocycles. The highest BCUT2D eigenvalue weighted by Gasteiger charge is 2.27. The van der Waals surface area contributed by atoms with Crippen LogP contribution in [-0.4, -0.2) is 28.8 Å². The summed E-state index contributed by atoms with van der Waals surface area (Å²) in [7, 11) is 2.03. The number of aryl methyl sites for hydroxylation is 1. The van der Waals surface area contributed by atoms with Crippen LogP contribution in [0.25, 0.3) is 0 Å². The van der Waals surface area contributed by atoms with Crippen molar-refractivity contribution in [2.24, 2.45) is 13.0 Å². The summed E-state index contributed by atoms with van der Waals surface area (Å²) in [4.78, 5) is 11.7. The number of alkyl carbamates (subject to hydrolysis) is 1. The SMILES string of the molecule is Cn1ccc(CNC2CCCC2CNC(=O)OC(C)(C)C)c1. The molecular weight excluding hydrogens is 278 g/mol. The molecule has 1 aromatic heterocycles. The Balaban J connectivity index is 1.74. The van der Waals surface area contributed by atoms with Crippen molar-refractivity contribution in [3.05, 3.63) is 24.0 Å². The molecule has 5 heteroatoms. The van der Waals surface area contributed by atoms with Crippen LogP contribution in [0.2, 0.25) is 0 Å². The molecule has 0 saturated heterocycles. The van der Waals surface area contributed by atoms with Crippen LogP contribution in [0.15, 0.2) is 18.5 Å². The van der Waals surface area contributed by atoms with Gasteiger partial charge in [0.05, 0.1) is 0 Å². The van der Waals surface area contributed by atoms with Crippen LogP contribution in [0.5, 0.6) is 0 Å². The molecule has 1 fully saturated rings. The minimum absolute atomic E-state index is 0.318. The van der Waals surface area contributed by atoms with Gasteiger partial charge >= 0.3 is 6.09 Å². The molecule has 5 nitrogen and oxygen atoms in total. The molecule has 124 valence electrons. The number of amides is 1. The molecule has 1 aromatic rings.